The Morgan fingerprint density at radius 3 is 2.32 bits per heavy atom. The van der Waals surface area contributed by atoms with Crippen LogP contribution in [0.5, 0.6) is 0 Å². The van der Waals surface area contributed by atoms with Crippen molar-refractivity contribution in [1.29, 1.82) is 0 Å². The Morgan fingerprint density at radius 1 is 1.05 bits per heavy atom. The van der Waals surface area contributed by atoms with Gasteiger partial charge in [-0.15, -0.1) is 0 Å². The van der Waals surface area contributed by atoms with E-state index < -0.39 is 0 Å². The summed E-state index contributed by atoms with van der Waals surface area (Å²) in [4.78, 5) is 2.98. The summed E-state index contributed by atoms with van der Waals surface area (Å²) in [5, 5.41) is 3.70. The minimum atomic E-state index is 0.546. The molecular formula is C17H32N2. The largest absolute Gasteiger partial charge is 0.314 e. The summed E-state index contributed by atoms with van der Waals surface area (Å²) < 4.78 is 0. The second-order valence-electron chi connectivity index (χ2n) is 7.81. The molecule has 2 heterocycles. The van der Waals surface area contributed by atoms with Crippen molar-refractivity contribution < 1.29 is 0 Å². The molecule has 2 bridgehead atoms. The van der Waals surface area contributed by atoms with E-state index in [4.69, 9.17) is 0 Å². The molecule has 1 saturated carbocycles. The van der Waals surface area contributed by atoms with Gasteiger partial charge >= 0.3 is 0 Å². The van der Waals surface area contributed by atoms with Gasteiger partial charge in [-0.2, -0.15) is 0 Å². The third-order valence-electron chi connectivity index (χ3n) is 6.09. The summed E-state index contributed by atoms with van der Waals surface area (Å²) in [6, 6.07) is 3.42. The van der Waals surface area contributed by atoms with Crippen LogP contribution in [0.4, 0.5) is 0 Å². The van der Waals surface area contributed by atoms with Gasteiger partial charge in [0.05, 0.1) is 0 Å². The SMILES string of the molecule is CCNC1CC2CCC(C1)N2C1CCCCC1(C)C. The van der Waals surface area contributed by atoms with E-state index in [9.17, 15) is 0 Å². The molecule has 0 amide bonds. The molecule has 19 heavy (non-hydrogen) atoms. The summed E-state index contributed by atoms with van der Waals surface area (Å²) in [5.74, 6) is 0. The Bertz CT molecular complexity index is 298. The molecule has 0 spiro atoms. The van der Waals surface area contributed by atoms with E-state index in [-0.39, 0.29) is 0 Å². The molecule has 3 rings (SSSR count). The smallest absolute Gasteiger partial charge is 0.0152 e. The van der Waals surface area contributed by atoms with E-state index in [1.165, 1.54) is 51.4 Å². The van der Waals surface area contributed by atoms with Gasteiger partial charge in [-0.3, -0.25) is 4.90 Å². The predicted octanol–water partition coefficient (Wildman–Crippen LogP) is 3.56. The molecule has 3 fully saturated rings. The van der Waals surface area contributed by atoms with Gasteiger partial charge < -0.3 is 5.32 Å². The molecule has 0 aromatic heterocycles. The lowest BCUT2D eigenvalue weighted by molar-refractivity contribution is -0.0127. The Balaban J connectivity index is 1.72. The zero-order valence-corrected chi connectivity index (χ0v) is 13.1. The number of piperidine rings is 1. The molecule has 2 heteroatoms. The molecule has 1 N–H and O–H groups in total. The fourth-order valence-electron chi connectivity index (χ4n) is 5.21. The number of rotatable bonds is 3. The topological polar surface area (TPSA) is 15.3 Å². The van der Waals surface area contributed by atoms with Gasteiger partial charge in [0.25, 0.3) is 0 Å². The van der Waals surface area contributed by atoms with Gasteiger partial charge in [-0.1, -0.05) is 33.6 Å². The van der Waals surface area contributed by atoms with Crippen molar-refractivity contribution in [1.82, 2.24) is 10.2 Å². The van der Waals surface area contributed by atoms with Crippen LogP contribution < -0.4 is 5.32 Å². The van der Waals surface area contributed by atoms with E-state index in [1.807, 2.05) is 0 Å². The maximum absolute atomic E-state index is 3.70. The van der Waals surface area contributed by atoms with Gasteiger partial charge in [-0.25, -0.2) is 0 Å². The molecule has 1 aliphatic carbocycles. The number of fused-ring (bicyclic) bond motifs is 2. The van der Waals surface area contributed by atoms with Crippen molar-refractivity contribution in [3.8, 4) is 0 Å². The third-order valence-corrected chi connectivity index (χ3v) is 6.09. The first kappa shape index (κ1) is 13.9. The highest BCUT2D eigenvalue weighted by Gasteiger charge is 2.48. The van der Waals surface area contributed by atoms with Crippen molar-refractivity contribution in [2.75, 3.05) is 6.54 Å². The van der Waals surface area contributed by atoms with Crippen molar-refractivity contribution in [3.05, 3.63) is 0 Å². The molecule has 110 valence electrons. The van der Waals surface area contributed by atoms with Crippen molar-refractivity contribution in [2.45, 2.75) is 96.3 Å². The van der Waals surface area contributed by atoms with Gasteiger partial charge in [-0.05, 0) is 50.5 Å². The predicted molar refractivity (Wildman–Crippen MR) is 81.4 cm³/mol. The number of nitrogens with zero attached hydrogens (tertiary/aromatic N) is 1. The number of hydrogen-bond acceptors (Lipinski definition) is 2. The van der Waals surface area contributed by atoms with Crippen LogP contribution >= 0.6 is 0 Å². The van der Waals surface area contributed by atoms with Crippen LogP contribution in [-0.4, -0.2) is 35.6 Å². The Kier molecular flexibility index (Phi) is 3.92. The fraction of sp³-hybridized carbons (Fsp3) is 1.00. The summed E-state index contributed by atoms with van der Waals surface area (Å²) in [5.41, 5.74) is 0.546. The number of nitrogens with one attached hydrogen (secondary N) is 1. The van der Waals surface area contributed by atoms with Gasteiger partial charge in [0.1, 0.15) is 0 Å². The minimum absolute atomic E-state index is 0.546. The summed E-state index contributed by atoms with van der Waals surface area (Å²) in [7, 11) is 0. The Hall–Kier alpha value is -0.0800. The molecular weight excluding hydrogens is 232 g/mol. The first-order valence-corrected chi connectivity index (χ1v) is 8.62. The zero-order chi connectivity index (χ0) is 13.5. The van der Waals surface area contributed by atoms with Gasteiger partial charge in [0.2, 0.25) is 0 Å². The maximum atomic E-state index is 3.70. The standard InChI is InChI=1S/C17H32N2/c1-4-18-13-11-14-8-9-15(12-13)19(14)16-7-5-6-10-17(16,2)3/h13-16,18H,4-12H2,1-3H3. The monoisotopic (exact) mass is 264 g/mol. The summed E-state index contributed by atoms with van der Waals surface area (Å²) in [6.07, 6.45) is 11.5. The van der Waals surface area contributed by atoms with E-state index in [0.29, 0.717) is 5.41 Å². The quantitative estimate of drug-likeness (QED) is 0.838. The van der Waals surface area contributed by atoms with Crippen molar-refractivity contribution in [2.24, 2.45) is 5.41 Å². The number of hydrogen-bond donors (Lipinski definition) is 1. The highest BCUT2D eigenvalue weighted by Crippen LogP contribution is 2.46. The molecule has 0 aromatic carbocycles. The lowest BCUT2D eigenvalue weighted by Crippen LogP contribution is -2.57. The van der Waals surface area contributed by atoms with Crippen LogP contribution in [0, 0.1) is 5.41 Å². The van der Waals surface area contributed by atoms with Gasteiger partial charge in [0, 0.05) is 24.2 Å². The molecule has 3 aliphatic rings. The summed E-state index contributed by atoms with van der Waals surface area (Å²) in [6.45, 7) is 8.43. The highest BCUT2D eigenvalue weighted by atomic mass is 15.3. The first-order chi connectivity index (χ1) is 9.12. The van der Waals surface area contributed by atoms with Crippen LogP contribution in [0.1, 0.15) is 72.1 Å². The summed E-state index contributed by atoms with van der Waals surface area (Å²) >= 11 is 0. The molecule has 3 atom stereocenters. The van der Waals surface area contributed by atoms with E-state index in [0.717, 1.165) is 30.7 Å². The second kappa shape index (κ2) is 5.37. The lowest BCUT2D eigenvalue weighted by Gasteiger charge is -2.51. The van der Waals surface area contributed by atoms with Crippen LogP contribution in [-0.2, 0) is 0 Å². The van der Waals surface area contributed by atoms with Crippen molar-refractivity contribution >= 4 is 0 Å². The Labute approximate surface area is 119 Å². The lowest BCUT2D eigenvalue weighted by atomic mass is 9.71. The highest BCUT2D eigenvalue weighted by molar-refractivity contribution is 5.03. The second-order valence-corrected chi connectivity index (χ2v) is 7.81. The third kappa shape index (κ3) is 2.58. The Morgan fingerprint density at radius 2 is 1.74 bits per heavy atom. The zero-order valence-electron chi connectivity index (χ0n) is 13.1. The normalized spacial score (nSPS) is 42.5. The van der Waals surface area contributed by atoms with Crippen LogP contribution in [0.2, 0.25) is 0 Å². The van der Waals surface area contributed by atoms with Crippen LogP contribution in [0.15, 0.2) is 0 Å². The molecule has 2 saturated heterocycles. The molecule has 2 nitrogen and oxygen atoms in total. The molecule has 0 radical (unpaired) electrons. The molecule has 3 unspecified atom stereocenters. The average molecular weight is 264 g/mol. The van der Waals surface area contributed by atoms with Gasteiger partial charge in [0.15, 0.2) is 0 Å². The fourth-order valence-corrected chi connectivity index (χ4v) is 5.21. The minimum Gasteiger partial charge on any atom is -0.314 e. The van der Waals surface area contributed by atoms with E-state index >= 15 is 0 Å². The van der Waals surface area contributed by atoms with Crippen LogP contribution in [0.3, 0.4) is 0 Å². The van der Waals surface area contributed by atoms with E-state index in [1.54, 1.807) is 0 Å². The molecule has 0 aromatic rings. The van der Waals surface area contributed by atoms with E-state index in [2.05, 4.69) is 31.0 Å². The van der Waals surface area contributed by atoms with Crippen LogP contribution in [0.25, 0.3) is 0 Å². The maximum Gasteiger partial charge on any atom is 0.0152 e. The molecule has 2 aliphatic heterocycles. The average Bonchev–Trinajstić information content (AvgIpc) is 2.61. The first-order valence-electron chi connectivity index (χ1n) is 8.62. The van der Waals surface area contributed by atoms with Crippen molar-refractivity contribution in [3.63, 3.8) is 0 Å².